The molecule has 0 saturated heterocycles. The van der Waals surface area contributed by atoms with Crippen molar-refractivity contribution in [2.24, 2.45) is 17.1 Å². The SMILES string of the molecule is Cc1c(N=c2scc(-c3ccco3)n2N=Cc2cccc3ccccc23)c(=O)n(-c2ccccc2)n1C. The number of hydrogen-bond acceptors (Lipinski definition) is 5. The van der Waals surface area contributed by atoms with Crippen molar-refractivity contribution in [1.82, 2.24) is 14.0 Å². The van der Waals surface area contributed by atoms with Gasteiger partial charge in [0.05, 0.1) is 23.9 Å². The van der Waals surface area contributed by atoms with E-state index in [4.69, 9.17) is 14.5 Å². The summed E-state index contributed by atoms with van der Waals surface area (Å²) in [6.45, 7) is 1.89. The maximum absolute atomic E-state index is 13.5. The molecule has 0 unspecified atom stereocenters. The van der Waals surface area contributed by atoms with E-state index in [1.807, 2.05) is 97.0 Å². The van der Waals surface area contributed by atoms with E-state index in [2.05, 4.69) is 18.2 Å². The van der Waals surface area contributed by atoms with Gasteiger partial charge in [-0.2, -0.15) is 5.10 Å². The molecule has 0 aliphatic rings. The van der Waals surface area contributed by atoms with Crippen LogP contribution in [0.1, 0.15) is 11.3 Å². The molecule has 0 amide bonds. The van der Waals surface area contributed by atoms with E-state index in [1.54, 1.807) is 15.6 Å². The fourth-order valence-electron chi connectivity index (χ4n) is 4.35. The van der Waals surface area contributed by atoms with Gasteiger partial charge in [0.2, 0.25) is 4.80 Å². The third kappa shape index (κ3) is 4.07. The highest BCUT2D eigenvalue weighted by Crippen LogP contribution is 2.23. The summed E-state index contributed by atoms with van der Waals surface area (Å²) >= 11 is 1.40. The van der Waals surface area contributed by atoms with Crippen LogP contribution in [0.2, 0.25) is 0 Å². The highest BCUT2D eigenvalue weighted by atomic mass is 32.1. The van der Waals surface area contributed by atoms with Gasteiger partial charge in [-0.1, -0.05) is 60.7 Å². The Balaban J connectivity index is 1.53. The van der Waals surface area contributed by atoms with Crippen LogP contribution in [0.25, 0.3) is 27.9 Å². The topological polar surface area (TPSA) is 69.7 Å². The lowest BCUT2D eigenvalue weighted by Gasteiger charge is -2.07. The Bertz CT molecular complexity index is 1860. The average Bonchev–Trinajstić information content (AvgIpc) is 3.64. The number of thiazole rings is 1. The van der Waals surface area contributed by atoms with E-state index in [0.717, 1.165) is 33.4 Å². The maximum Gasteiger partial charge on any atom is 0.297 e. The average molecular weight is 506 g/mol. The lowest BCUT2D eigenvalue weighted by atomic mass is 10.1. The largest absolute Gasteiger partial charge is 0.463 e. The van der Waals surface area contributed by atoms with Crippen LogP contribution in [0.5, 0.6) is 0 Å². The summed E-state index contributed by atoms with van der Waals surface area (Å²) in [6, 6.07) is 27.6. The molecule has 182 valence electrons. The summed E-state index contributed by atoms with van der Waals surface area (Å²) in [5.74, 6) is 0.666. The van der Waals surface area contributed by atoms with E-state index in [9.17, 15) is 4.79 Å². The minimum atomic E-state index is -0.191. The molecule has 3 aromatic heterocycles. The smallest absolute Gasteiger partial charge is 0.297 e. The molecule has 6 aromatic rings. The predicted molar refractivity (Wildman–Crippen MR) is 148 cm³/mol. The monoisotopic (exact) mass is 505 g/mol. The number of para-hydroxylation sites is 1. The fraction of sp³-hybridized carbons (Fsp3) is 0.0690. The van der Waals surface area contributed by atoms with Crippen LogP contribution >= 0.6 is 11.3 Å². The molecule has 0 atom stereocenters. The zero-order valence-corrected chi connectivity index (χ0v) is 21.1. The van der Waals surface area contributed by atoms with E-state index in [1.165, 1.54) is 11.3 Å². The number of hydrogen-bond donors (Lipinski definition) is 0. The van der Waals surface area contributed by atoms with Gasteiger partial charge in [-0.25, -0.2) is 14.4 Å². The molecule has 0 aliphatic heterocycles. The van der Waals surface area contributed by atoms with Gasteiger partial charge >= 0.3 is 0 Å². The molecule has 0 bridgehead atoms. The molecular formula is C29H23N5O2S. The molecular weight excluding hydrogens is 482 g/mol. The summed E-state index contributed by atoms with van der Waals surface area (Å²) in [5, 5.41) is 9.00. The Morgan fingerprint density at radius 3 is 2.51 bits per heavy atom. The Morgan fingerprint density at radius 2 is 1.70 bits per heavy atom. The lowest BCUT2D eigenvalue weighted by molar-refractivity contribution is 0.575. The van der Waals surface area contributed by atoms with Gasteiger partial charge in [0, 0.05) is 18.0 Å². The highest BCUT2D eigenvalue weighted by molar-refractivity contribution is 7.07. The van der Waals surface area contributed by atoms with Crippen molar-refractivity contribution in [3.8, 4) is 17.1 Å². The van der Waals surface area contributed by atoms with Gasteiger partial charge in [-0.3, -0.25) is 9.48 Å². The van der Waals surface area contributed by atoms with Gasteiger partial charge in [0.1, 0.15) is 5.69 Å². The Morgan fingerprint density at radius 1 is 0.919 bits per heavy atom. The third-order valence-corrected chi connectivity index (χ3v) is 7.14. The van der Waals surface area contributed by atoms with Gasteiger partial charge in [-0.15, -0.1) is 11.3 Å². The first kappa shape index (κ1) is 22.8. The van der Waals surface area contributed by atoms with E-state index in [0.29, 0.717) is 16.2 Å². The molecule has 0 saturated carbocycles. The zero-order valence-electron chi connectivity index (χ0n) is 20.3. The predicted octanol–water partition coefficient (Wildman–Crippen LogP) is 5.88. The van der Waals surface area contributed by atoms with Crippen molar-refractivity contribution in [1.29, 1.82) is 0 Å². The van der Waals surface area contributed by atoms with Gasteiger partial charge < -0.3 is 4.42 Å². The number of rotatable bonds is 5. The Kier molecular flexibility index (Phi) is 5.78. The second kappa shape index (κ2) is 9.40. The van der Waals surface area contributed by atoms with E-state index in [-0.39, 0.29) is 5.56 Å². The van der Waals surface area contributed by atoms with Crippen LogP contribution in [0.4, 0.5) is 5.69 Å². The second-order valence-corrected chi connectivity index (χ2v) is 9.36. The molecule has 7 nitrogen and oxygen atoms in total. The van der Waals surface area contributed by atoms with E-state index >= 15 is 0 Å². The standard InChI is InChI=1S/C29H23N5O2S/c1-20-27(28(35)34(32(20)2)23-13-4-3-5-14-23)31-29-33(25(19-37-29)26-16-9-17-36-26)30-18-22-12-8-11-21-10-6-7-15-24(21)22/h3-19H,1-2H3. The van der Waals surface area contributed by atoms with Crippen molar-refractivity contribution in [3.05, 3.63) is 123 Å². The lowest BCUT2D eigenvalue weighted by Crippen LogP contribution is -2.19. The molecule has 37 heavy (non-hydrogen) atoms. The quantitative estimate of drug-likeness (QED) is 0.275. The summed E-state index contributed by atoms with van der Waals surface area (Å²) in [7, 11) is 1.86. The zero-order chi connectivity index (χ0) is 25.4. The number of aromatic nitrogens is 3. The molecule has 3 heterocycles. The summed E-state index contributed by atoms with van der Waals surface area (Å²) in [6.07, 6.45) is 3.45. The second-order valence-electron chi connectivity index (χ2n) is 8.53. The number of nitrogens with zero attached hydrogens (tertiary/aromatic N) is 5. The van der Waals surface area contributed by atoms with Crippen molar-refractivity contribution in [2.75, 3.05) is 0 Å². The first-order chi connectivity index (χ1) is 18.1. The summed E-state index contributed by atoms with van der Waals surface area (Å²) in [4.78, 5) is 18.9. The minimum Gasteiger partial charge on any atom is -0.463 e. The van der Waals surface area contributed by atoms with Crippen molar-refractivity contribution < 1.29 is 4.42 Å². The number of fused-ring (bicyclic) bond motifs is 1. The van der Waals surface area contributed by atoms with Crippen molar-refractivity contribution in [3.63, 3.8) is 0 Å². The van der Waals surface area contributed by atoms with E-state index < -0.39 is 0 Å². The fourth-order valence-corrected chi connectivity index (χ4v) is 5.17. The number of furan rings is 1. The minimum absolute atomic E-state index is 0.191. The number of benzene rings is 3. The highest BCUT2D eigenvalue weighted by Gasteiger charge is 2.17. The molecule has 6 rings (SSSR count). The Hall–Kier alpha value is -4.69. The van der Waals surface area contributed by atoms with Crippen molar-refractivity contribution in [2.45, 2.75) is 6.92 Å². The van der Waals surface area contributed by atoms with Crippen LogP contribution in [0.15, 0.2) is 116 Å². The van der Waals surface area contributed by atoms with Crippen molar-refractivity contribution >= 4 is 34.0 Å². The first-order valence-electron chi connectivity index (χ1n) is 11.8. The summed E-state index contributed by atoms with van der Waals surface area (Å²) in [5.41, 5.74) is 3.45. The van der Waals surface area contributed by atoms with Crippen LogP contribution < -0.4 is 10.4 Å². The Labute approximate surface area is 216 Å². The van der Waals surface area contributed by atoms with Crippen LogP contribution in [0, 0.1) is 6.92 Å². The molecule has 0 radical (unpaired) electrons. The van der Waals surface area contributed by atoms with Gasteiger partial charge in [0.15, 0.2) is 11.4 Å². The molecule has 8 heteroatoms. The molecule has 3 aromatic carbocycles. The van der Waals surface area contributed by atoms with Crippen LogP contribution in [0.3, 0.4) is 0 Å². The summed E-state index contributed by atoms with van der Waals surface area (Å²) < 4.78 is 10.8. The van der Waals surface area contributed by atoms with Crippen LogP contribution in [-0.4, -0.2) is 20.3 Å². The normalized spacial score (nSPS) is 12.2. The molecule has 0 spiro atoms. The molecule has 0 fully saturated rings. The molecule has 0 N–H and O–H groups in total. The maximum atomic E-state index is 13.5. The third-order valence-electron chi connectivity index (χ3n) is 6.33. The van der Waals surface area contributed by atoms with Gasteiger partial charge in [0.25, 0.3) is 5.56 Å². The molecule has 0 aliphatic carbocycles. The van der Waals surface area contributed by atoms with Gasteiger partial charge in [-0.05, 0) is 42.0 Å². The first-order valence-corrected chi connectivity index (χ1v) is 12.6. The van der Waals surface area contributed by atoms with Crippen LogP contribution in [-0.2, 0) is 7.05 Å².